The van der Waals surface area contributed by atoms with Crippen molar-refractivity contribution in [2.24, 2.45) is 0 Å². The van der Waals surface area contributed by atoms with Crippen molar-refractivity contribution in [1.82, 2.24) is 9.21 Å². The fourth-order valence-electron chi connectivity index (χ4n) is 3.03. The summed E-state index contributed by atoms with van der Waals surface area (Å²) in [6.45, 7) is 2.01. The Morgan fingerprint density at radius 1 is 1.03 bits per heavy atom. The molecule has 1 aliphatic rings. The SMILES string of the molecule is Cc1ccc(OCC(=O)N2CCN(S(=O)(=O)c3cccc(C(F)(F)F)c3)CC2)cc1. The van der Waals surface area contributed by atoms with Crippen molar-refractivity contribution in [3.05, 3.63) is 59.7 Å². The van der Waals surface area contributed by atoms with Gasteiger partial charge in [-0.1, -0.05) is 23.8 Å². The highest BCUT2D eigenvalue weighted by Gasteiger charge is 2.34. The zero-order chi connectivity index (χ0) is 21.9. The van der Waals surface area contributed by atoms with Crippen LogP contribution in [0, 0.1) is 6.92 Å². The molecule has 0 atom stereocenters. The van der Waals surface area contributed by atoms with Crippen LogP contribution in [0.5, 0.6) is 5.75 Å². The Labute approximate surface area is 172 Å². The van der Waals surface area contributed by atoms with Gasteiger partial charge in [-0.05, 0) is 37.3 Å². The number of rotatable bonds is 5. The van der Waals surface area contributed by atoms with E-state index in [1.165, 1.54) is 4.90 Å². The van der Waals surface area contributed by atoms with Crippen molar-refractivity contribution in [2.45, 2.75) is 18.0 Å². The molecule has 1 fully saturated rings. The lowest BCUT2D eigenvalue weighted by Crippen LogP contribution is -2.51. The third-order valence-corrected chi connectivity index (χ3v) is 6.67. The first-order valence-electron chi connectivity index (χ1n) is 9.22. The molecule has 0 spiro atoms. The molecule has 2 aromatic rings. The highest BCUT2D eigenvalue weighted by Crippen LogP contribution is 2.31. The number of amides is 1. The van der Waals surface area contributed by atoms with Gasteiger partial charge >= 0.3 is 6.18 Å². The predicted molar refractivity (Wildman–Crippen MR) is 103 cm³/mol. The van der Waals surface area contributed by atoms with Crippen molar-refractivity contribution >= 4 is 15.9 Å². The molecule has 3 rings (SSSR count). The zero-order valence-corrected chi connectivity index (χ0v) is 17.0. The topological polar surface area (TPSA) is 66.9 Å². The summed E-state index contributed by atoms with van der Waals surface area (Å²) in [5.41, 5.74) is 0.0393. The summed E-state index contributed by atoms with van der Waals surface area (Å²) in [4.78, 5) is 13.4. The molecule has 0 radical (unpaired) electrons. The van der Waals surface area contributed by atoms with Crippen molar-refractivity contribution in [3.63, 3.8) is 0 Å². The molecule has 1 aliphatic heterocycles. The van der Waals surface area contributed by atoms with Gasteiger partial charge in [-0.2, -0.15) is 17.5 Å². The molecule has 0 saturated carbocycles. The van der Waals surface area contributed by atoms with Crippen molar-refractivity contribution < 1.29 is 31.1 Å². The summed E-state index contributed by atoms with van der Waals surface area (Å²) < 4.78 is 70.6. The summed E-state index contributed by atoms with van der Waals surface area (Å²) in [6.07, 6.45) is -4.63. The first kappa shape index (κ1) is 22.1. The van der Waals surface area contributed by atoms with Crippen LogP contribution in [0.2, 0.25) is 0 Å². The number of carbonyl (C=O) groups is 1. The highest BCUT2D eigenvalue weighted by atomic mass is 32.2. The average molecular weight is 442 g/mol. The second kappa shape index (κ2) is 8.65. The smallest absolute Gasteiger partial charge is 0.416 e. The van der Waals surface area contributed by atoms with Gasteiger partial charge < -0.3 is 9.64 Å². The Morgan fingerprint density at radius 2 is 1.67 bits per heavy atom. The quantitative estimate of drug-likeness (QED) is 0.714. The fraction of sp³-hybridized carbons (Fsp3) is 0.350. The van der Waals surface area contributed by atoms with Crippen LogP contribution in [0.3, 0.4) is 0 Å². The molecular weight excluding hydrogens is 421 g/mol. The standard InChI is InChI=1S/C20H21F3N2O4S/c1-15-5-7-17(8-6-15)29-14-19(26)24-9-11-25(12-10-24)30(27,28)18-4-2-3-16(13-18)20(21,22)23/h2-8,13H,9-12,14H2,1H3. The van der Waals surface area contributed by atoms with E-state index in [2.05, 4.69) is 0 Å². The van der Waals surface area contributed by atoms with Crippen LogP contribution in [0.4, 0.5) is 13.2 Å². The van der Waals surface area contributed by atoms with Crippen LogP contribution in [-0.2, 0) is 21.0 Å². The molecule has 1 heterocycles. The molecule has 30 heavy (non-hydrogen) atoms. The van der Waals surface area contributed by atoms with Gasteiger partial charge in [0.1, 0.15) is 5.75 Å². The molecule has 0 aliphatic carbocycles. The minimum absolute atomic E-state index is 0.00511. The third kappa shape index (κ3) is 5.11. The Kier molecular flexibility index (Phi) is 6.37. The summed E-state index contributed by atoms with van der Waals surface area (Å²) >= 11 is 0. The normalized spacial score (nSPS) is 15.8. The van der Waals surface area contributed by atoms with Crippen LogP contribution in [-0.4, -0.2) is 56.3 Å². The van der Waals surface area contributed by atoms with Gasteiger partial charge in [0, 0.05) is 26.2 Å². The van der Waals surface area contributed by atoms with Crippen LogP contribution < -0.4 is 4.74 Å². The number of aryl methyl sites for hydroxylation is 1. The number of benzene rings is 2. The number of hydrogen-bond donors (Lipinski definition) is 0. The number of sulfonamides is 1. The maximum atomic E-state index is 12.9. The molecule has 2 aromatic carbocycles. The molecule has 1 amide bonds. The fourth-order valence-corrected chi connectivity index (χ4v) is 4.50. The lowest BCUT2D eigenvalue weighted by atomic mass is 10.2. The molecule has 10 heteroatoms. The maximum Gasteiger partial charge on any atom is 0.416 e. The average Bonchev–Trinajstić information content (AvgIpc) is 2.72. The predicted octanol–water partition coefficient (Wildman–Crippen LogP) is 2.93. The van der Waals surface area contributed by atoms with Gasteiger partial charge in [0.15, 0.2) is 6.61 Å². The Bertz CT molecular complexity index is 999. The Morgan fingerprint density at radius 3 is 2.27 bits per heavy atom. The number of hydrogen-bond acceptors (Lipinski definition) is 4. The third-order valence-electron chi connectivity index (χ3n) is 4.77. The maximum absolute atomic E-state index is 12.9. The van der Waals surface area contributed by atoms with Crippen molar-refractivity contribution in [1.29, 1.82) is 0 Å². The first-order chi connectivity index (χ1) is 14.1. The molecule has 0 bridgehead atoms. The van der Waals surface area contributed by atoms with E-state index in [-0.39, 0.29) is 38.7 Å². The Balaban J connectivity index is 1.59. The lowest BCUT2D eigenvalue weighted by Gasteiger charge is -2.34. The largest absolute Gasteiger partial charge is 0.484 e. The van der Waals surface area contributed by atoms with Gasteiger partial charge in [0.2, 0.25) is 10.0 Å². The van der Waals surface area contributed by atoms with Gasteiger partial charge in [-0.3, -0.25) is 4.79 Å². The van der Waals surface area contributed by atoms with E-state index in [4.69, 9.17) is 4.74 Å². The van der Waals surface area contributed by atoms with Crippen LogP contribution in [0.15, 0.2) is 53.4 Å². The summed E-state index contributed by atoms with van der Waals surface area (Å²) in [5, 5.41) is 0. The molecule has 1 saturated heterocycles. The van der Waals surface area contributed by atoms with E-state index in [1.807, 2.05) is 19.1 Å². The van der Waals surface area contributed by atoms with Crippen LogP contribution in [0.1, 0.15) is 11.1 Å². The van der Waals surface area contributed by atoms with E-state index in [1.54, 1.807) is 12.1 Å². The minimum atomic E-state index is -4.63. The van der Waals surface area contributed by atoms with E-state index in [9.17, 15) is 26.4 Å². The minimum Gasteiger partial charge on any atom is -0.484 e. The summed E-state index contributed by atoms with van der Waals surface area (Å²) in [6, 6.07) is 10.9. The van der Waals surface area contributed by atoms with Gasteiger partial charge in [-0.25, -0.2) is 8.42 Å². The number of nitrogens with zero attached hydrogens (tertiary/aromatic N) is 2. The molecule has 162 valence electrons. The monoisotopic (exact) mass is 442 g/mol. The van der Waals surface area contributed by atoms with Crippen molar-refractivity contribution in [2.75, 3.05) is 32.8 Å². The number of carbonyl (C=O) groups excluding carboxylic acids is 1. The second-order valence-electron chi connectivity index (χ2n) is 6.91. The molecular formula is C20H21F3N2O4S. The van der Waals surface area contributed by atoms with E-state index in [0.29, 0.717) is 11.8 Å². The lowest BCUT2D eigenvalue weighted by molar-refractivity contribution is -0.138. The Hall–Kier alpha value is -2.59. The molecule has 0 N–H and O–H groups in total. The first-order valence-corrected chi connectivity index (χ1v) is 10.7. The number of alkyl halides is 3. The number of halogens is 3. The second-order valence-corrected chi connectivity index (χ2v) is 8.85. The summed E-state index contributed by atoms with van der Waals surface area (Å²) in [5.74, 6) is 0.270. The molecule has 6 nitrogen and oxygen atoms in total. The van der Waals surface area contributed by atoms with E-state index in [0.717, 1.165) is 28.1 Å². The van der Waals surface area contributed by atoms with Crippen LogP contribution >= 0.6 is 0 Å². The van der Waals surface area contributed by atoms with Gasteiger partial charge in [-0.15, -0.1) is 0 Å². The molecule has 0 unspecified atom stereocenters. The number of piperazine rings is 1. The zero-order valence-electron chi connectivity index (χ0n) is 16.2. The number of ether oxygens (including phenoxy) is 1. The van der Waals surface area contributed by atoms with E-state index >= 15 is 0 Å². The van der Waals surface area contributed by atoms with E-state index < -0.39 is 26.7 Å². The van der Waals surface area contributed by atoms with Crippen LogP contribution in [0.25, 0.3) is 0 Å². The molecule has 0 aromatic heterocycles. The highest BCUT2D eigenvalue weighted by molar-refractivity contribution is 7.89. The van der Waals surface area contributed by atoms with Gasteiger partial charge in [0.05, 0.1) is 10.5 Å². The van der Waals surface area contributed by atoms with Gasteiger partial charge in [0.25, 0.3) is 5.91 Å². The summed E-state index contributed by atoms with van der Waals surface area (Å²) in [7, 11) is -4.09. The van der Waals surface area contributed by atoms with Crippen molar-refractivity contribution in [3.8, 4) is 5.75 Å².